The number of unbranched alkanes of at least 4 members (excludes halogenated alkanes) is 35. The second kappa shape index (κ2) is 51.3. The fourth-order valence-corrected chi connectivity index (χ4v) is 9.14. The average molecular weight is 934 g/mol. The Kier molecular flexibility index (Phi) is 50.0. The molecule has 0 amide bonds. The van der Waals surface area contributed by atoms with Gasteiger partial charge in [-0.15, -0.1) is 0 Å². The van der Waals surface area contributed by atoms with Gasteiger partial charge < -0.3 is 14.2 Å². The van der Waals surface area contributed by atoms with Crippen LogP contribution in [0.25, 0.3) is 0 Å². The Labute approximate surface area is 412 Å². The van der Waals surface area contributed by atoms with Crippen molar-refractivity contribution in [3.63, 3.8) is 0 Å². The van der Waals surface area contributed by atoms with Gasteiger partial charge >= 0.3 is 17.9 Å². The molecule has 0 saturated heterocycles. The fourth-order valence-electron chi connectivity index (χ4n) is 9.14. The summed E-state index contributed by atoms with van der Waals surface area (Å²) in [4.78, 5) is 38.2. The highest BCUT2D eigenvalue weighted by Crippen LogP contribution is 2.19. The van der Waals surface area contributed by atoms with Crippen molar-refractivity contribution >= 4 is 17.9 Å². The quantitative estimate of drug-likeness (QED) is 0.0343. The summed E-state index contributed by atoms with van der Waals surface area (Å²) in [5, 5.41) is 0. The molecule has 6 nitrogen and oxygen atoms in total. The van der Waals surface area contributed by atoms with E-state index >= 15 is 0 Å². The van der Waals surface area contributed by atoms with Gasteiger partial charge in [0, 0.05) is 19.3 Å². The van der Waals surface area contributed by atoms with Crippen molar-refractivity contribution in [1.29, 1.82) is 0 Å². The SMILES string of the molecule is CCC(C)CCCCCCCCCCCCCCCCC(=O)O[C@@H](COC(=O)CCCCCCCCCCCCCCCCCC(C)C)COC(=O)CCCCCCCCCCCC(C)C. The van der Waals surface area contributed by atoms with Crippen molar-refractivity contribution in [3.8, 4) is 0 Å². The van der Waals surface area contributed by atoms with Crippen LogP contribution in [-0.4, -0.2) is 37.2 Å². The highest BCUT2D eigenvalue weighted by atomic mass is 16.6. The number of carbonyl (C=O) groups is 3. The van der Waals surface area contributed by atoms with E-state index < -0.39 is 6.10 Å². The molecule has 1 unspecified atom stereocenters. The summed E-state index contributed by atoms with van der Waals surface area (Å²) in [6.07, 6.45) is 53.8. The lowest BCUT2D eigenvalue weighted by atomic mass is 9.99. The molecule has 0 radical (unpaired) electrons. The van der Waals surface area contributed by atoms with E-state index in [-0.39, 0.29) is 31.1 Å². The summed E-state index contributed by atoms with van der Waals surface area (Å²) < 4.78 is 16.9. The van der Waals surface area contributed by atoms with Crippen molar-refractivity contribution in [2.75, 3.05) is 13.2 Å². The molecule has 0 aliphatic carbocycles. The fraction of sp³-hybridized carbons (Fsp3) is 0.950. The van der Waals surface area contributed by atoms with E-state index in [2.05, 4.69) is 41.5 Å². The first-order valence-electron chi connectivity index (χ1n) is 29.6. The summed E-state index contributed by atoms with van der Waals surface area (Å²) in [5.74, 6) is 1.71. The highest BCUT2D eigenvalue weighted by Gasteiger charge is 2.19. The molecule has 0 N–H and O–H groups in total. The van der Waals surface area contributed by atoms with E-state index in [1.54, 1.807) is 0 Å². The Morgan fingerprint density at radius 3 is 0.788 bits per heavy atom. The lowest BCUT2D eigenvalue weighted by molar-refractivity contribution is -0.167. The second-order valence-electron chi connectivity index (χ2n) is 21.8. The molecule has 0 aromatic rings. The number of rotatable bonds is 53. The zero-order valence-electron chi connectivity index (χ0n) is 45.5. The van der Waals surface area contributed by atoms with Crippen LogP contribution in [0.4, 0.5) is 0 Å². The van der Waals surface area contributed by atoms with Crippen LogP contribution in [0.2, 0.25) is 0 Å². The number of ether oxygens (including phenoxy) is 3. The van der Waals surface area contributed by atoms with Gasteiger partial charge in [-0.2, -0.15) is 0 Å². The maximum absolute atomic E-state index is 12.9. The predicted molar refractivity (Wildman–Crippen MR) is 284 cm³/mol. The monoisotopic (exact) mass is 933 g/mol. The van der Waals surface area contributed by atoms with Crippen molar-refractivity contribution in [2.45, 2.75) is 337 Å². The maximum Gasteiger partial charge on any atom is 0.306 e. The Morgan fingerprint density at radius 1 is 0.303 bits per heavy atom. The minimum absolute atomic E-state index is 0.0635. The maximum atomic E-state index is 12.9. The number of esters is 3. The summed E-state index contributed by atoms with van der Waals surface area (Å²) >= 11 is 0. The topological polar surface area (TPSA) is 78.9 Å². The molecule has 0 bridgehead atoms. The molecule has 0 aliphatic heterocycles. The second-order valence-corrected chi connectivity index (χ2v) is 21.8. The van der Waals surface area contributed by atoms with Gasteiger partial charge in [-0.3, -0.25) is 14.4 Å². The van der Waals surface area contributed by atoms with Crippen molar-refractivity contribution in [1.82, 2.24) is 0 Å². The van der Waals surface area contributed by atoms with Crippen LogP contribution in [0.1, 0.15) is 330 Å². The molecule has 0 fully saturated rings. The Morgan fingerprint density at radius 2 is 0.530 bits per heavy atom. The number of carbonyl (C=O) groups excluding carboxylic acids is 3. The van der Waals surface area contributed by atoms with Crippen LogP contribution < -0.4 is 0 Å². The van der Waals surface area contributed by atoms with E-state index in [0.717, 1.165) is 75.5 Å². The highest BCUT2D eigenvalue weighted by molar-refractivity contribution is 5.71. The number of hydrogen-bond donors (Lipinski definition) is 0. The molecule has 0 heterocycles. The minimum atomic E-state index is -0.764. The Bertz CT molecular complexity index is 1020. The van der Waals surface area contributed by atoms with Gasteiger partial charge in [-0.1, -0.05) is 292 Å². The molecule has 2 atom stereocenters. The molecular formula is C60H116O6. The van der Waals surface area contributed by atoms with E-state index in [9.17, 15) is 14.4 Å². The number of hydrogen-bond acceptors (Lipinski definition) is 6. The smallest absolute Gasteiger partial charge is 0.306 e. The van der Waals surface area contributed by atoms with Gasteiger partial charge in [0.25, 0.3) is 0 Å². The van der Waals surface area contributed by atoms with Crippen LogP contribution in [0.3, 0.4) is 0 Å². The van der Waals surface area contributed by atoms with Gasteiger partial charge in [-0.25, -0.2) is 0 Å². The van der Waals surface area contributed by atoms with E-state index in [4.69, 9.17) is 14.2 Å². The molecule has 0 saturated carbocycles. The van der Waals surface area contributed by atoms with Gasteiger partial charge in [0.2, 0.25) is 0 Å². The zero-order chi connectivity index (χ0) is 48.4. The van der Waals surface area contributed by atoms with Gasteiger partial charge in [-0.05, 0) is 37.0 Å². The summed E-state index contributed by atoms with van der Waals surface area (Å²) in [5.41, 5.74) is 0. The Hall–Kier alpha value is -1.59. The summed E-state index contributed by atoms with van der Waals surface area (Å²) in [6, 6.07) is 0. The van der Waals surface area contributed by atoms with Crippen molar-refractivity contribution in [3.05, 3.63) is 0 Å². The molecule has 0 spiro atoms. The van der Waals surface area contributed by atoms with Gasteiger partial charge in [0.15, 0.2) is 6.10 Å². The lowest BCUT2D eigenvalue weighted by Gasteiger charge is -2.18. The van der Waals surface area contributed by atoms with E-state index in [1.807, 2.05) is 0 Å². The van der Waals surface area contributed by atoms with Crippen LogP contribution in [-0.2, 0) is 28.6 Å². The molecule has 0 aliphatic rings. The lowest BCUT2D eigenvalue weighted by Crippen LogP contribution is -2.30. The zero-order valence-corrected chi connectivity index (χ0v) is 45.5. The predicted octanol–water partition coefficient (Wildman–Crippen LogP) is 19.5. The Balaban J connectivity index is 4.28. The largest absolute Gasteiger partial charge is 0.462 e. The van der Waals surface area contributed by atoms with E-state index in [0.29, 0.717) is 19.3 Å². The van der Waals surface area contributed by atoms with Crippen LogP contribution in [0.15, 0.2) is 0 Å². The first-order valence-corrected chi connectivity index (χ1v) is 29.6. The van der Waals surface area contributed by atoms with Gasteiger partial charge in [0.05, 0.1) is 0 Å². The molecule has 0 aromatic heterocycles. The molecule has 0 aromatic carbocycles. The van der Waals surface area contributed by atoms with Crippen molar-refractivity contribution < 1.29 is 28.6 Å². The minimum Gasteiger partial charge on any atom is -0.462 e. The first-order chi connectivity index (χ1) is 32.1. The third-order valence-electron chi connectivity index (χ3n) is 14.0. The summed E-state index contributed by atoms with van der Waals surface area (Å²) in [6.45, 7) is 13.8. The van der Waals surface area contributed by atoms with Crippen LogP contribution in [0.5, 0.6) is 0 Å². The summed E-state index contributed by atoms with van der Waals surface area (Å²) in [7, 11) is 0. The standard InChI is InChI=1S/C60H116O6/c1-7-56(6)48-42-36-30-24-18-14-11-12-16-20-26-33-39-45-51-60(63)66-57(53-65-59(62)50-44-38-32-27-21-23-29-35-41-47-55(4)5)52-64-58(61)49-43-37-31-25-19-15-10-8-9-13-17-22-28-34-40-46-54(2)3/h54-57H,7-53H2,1-6H3/t56?,57-/m0/s1. The molecule has 0 rings (SSSR count). The third-order valence-corrected chi connectivity index (χ3v) is 14.0. The first kappa shape index (κ1) is 64.4. The molecular weight excluding hydrogens is 817 g/mol. The molecule has 6 heteroatoms. The average Bonchev–Trinajstić information content (AvgIpc) is 3.29. The third kappa shape index (κ3) is 51.8. The normalized spacial score (nSPS) is 12.5. The van der Waals surface area contributed by atoms with Crippen LogP contribution in [0, 0.1) is 17.8 Å². The molecule has 392 valence electrons. The van der Waals surface area contributed by atoms with Crippen molar-refractivity contribution in [2.24, 2.45) is 17.8 Å². The molecule has 66 heavy (non-hydrogen) atoms. The van der Waals surface area contributed by atoms with E-state index in [1.165, 1.54) is 212 Å². The van der Waals surface area contributed by atoms with Gasteiger partial charge in [0.1, 0.15) is 13.2 Å². The van der Waals surface area contributed by atoms with Crippen LogP contribution >= 0.6 is 0 Å².